The molecule has 0 amide bonds. The summed E-state index contributed by atoms with van der Waals surface area (Å²) in [5.41, 5.74) is 6.05. The summed E-state index contributed by atoms with van der Waals surface area (Å²) in [7, 11) is 0. The van der Waals surface area contributed by atoms with Crippen molar-refractivity contribution in [3.05, 3.63) is 23.7 Å². The topological polar surface area (TPSA) is 42.4 Å². The van der Waals surface area contributed by atoms with Crippen LogP contribution in [0.4, 0.5) is 0 Å². The second-order valence-corrected chi connectivity index (χ2v) is 4.06. The minimum atomic E-state index is 0.0294. The van der Waals surface area contributed by atoms with Crippen LogP contribution in [0, 0.1) is 6.92 Å². The lowest BCUT2D eigenvalue weighted by Crippen LogP contribution is -2.29. The van der Waals surface area contributed by atoms with Crippen LogP contribution in [0.1, 0.15) is 30.4 Å². The Hall–Kier alpha value is -0.800. The van der Waals surface area contributed by atoms with Crippen molar-refractivity contribution in [2.24, 2.45) is 5.73 Å². The first-order chi connectivity index (χ1) is 6.75. The van der Waals surface area contributed by atoms with E-state index in [0.717, 1.165) is 18.1 Å². The van der Waals surface area contributed by atoms with Crippen LogP contribution in [0.2, 0.25) is 0 Å². The molecule has 2 heterocycles. The smallest absolute Gasteiger partial charge is 0.122 e. The SMILES string of the molecule is Cc1ccc(C(N)CN2CCCC2)o1. The van der Waals surface area contributed by atoms with E-state index in [9.17, 15) is 0 Å². The molecule has 2 rings (SSSR count). The fourth-order valence-corrected chi connectivity index (χ4v) is 1.99. The lowest BCUT2D eigenvalue weighted by atomic mass is 10.2. The van der Waals surface area contributed by atoms with Crippen molar-refractivity contribution in [2.45, 2.75) is 25.8 Å². The Morgan fingerprint density at radius 1 is 1.43 bits per heavy atom. The molecule has 1 aromatic heterocycles. The summed E-state index contributed by atoms with van der Waals surface area (Å²) in [6, 6.07) is 3.98. The van der Waals surface area contributed by atoms with Gasteiger partial charge in [-0.05, 0) is 45.0 Å². The van der Waals surface area contributed by atoms with Crippen LogP contribution >= 0.6 is 0 Å². The first kappa shape index (κ1) is 9.74. The third-order valence-electron chi connectivity index (χ3n) is 2.78. The number of furan rings is 1. The molecule has 14 heavy (non-hydrogen) atoms. The van der Waals surface area contributed by atoms with Crippen LogP contribution in [-0.4, -0.2) is 24.5 Å². The van der Waals surface area contributed by atoms with E-state index in [1.54, 1.807) is 0 Å². The quantitative estimate of drug-likeness (QED) is 0.796. The largest absolute Gasteiger partial charge is 0.465 e. The Kier molecular flexibility index (Phi) is 2.89. The number of hydrogen-bond donors (Lipinski definition) is 1. The Morgan fingerprint density at radius 2 is 2.14 bits per heavy atom. The molecule has 3 heteroatoms. The molecule has 1 aromatic rings. The fraction of sp³-hybridized carbons (Fsp3) is 0.636. The van der Waals surface area contributed by atoms with Crippen molar-refractivity contribution in [2.75, 3.05) is 19.6 Å². The highest BCUT2D eigenvalue weighted by Crippen LogP contribution is 2.17. The molecule has 1 fully saturated rings. The Bertz CT molecular complexity index is 289. The van der Waals surface area contributed by atoms with Crippen molar-refractivity contribution < 1.29 is 4.42 Å². The zero-order valence-electron chi connectivity index (χ0n) is 8.70. The molecule has 0 radical (unpaired) electrons. The molecule has 1 saturated heterocycles. The van der Waals surface area contributed by atoms with Crippen LogP contribution in [-0.2, 0) is 0 Å². The van der Waals surface area contributed by atoms with E-state index in [2.05, 4.69) is 4.90 Å². The van der Waals surface area contributed by atoms with Gasteiger partial charge in [-0.15, -0.1) is 0 Å². The molecule has 0 spiro atoms. The van der Waals surface area contributed by atoms with Crippen molar-refractivity contribution in [1.29, 1.82) is 0 Å². The highest BCUT2D eigenvalue weighted by atomic mass is 16.3. The van der Waals surface area contributed by atoms with Crippen molar-refractivity contribution >= 4 is 0 Å². The Balaban J connectivity index is 1.91. The van der Waals surface area contributed by atoms with Crippen LogP contribution in [0.3, 0.4) is 0 Å². The van der Waals surface area contributed by atoms with E-state index < -0.39 is 0 Å². The van der Waals surface area contributed by atoms with Crippen molar-refractivity contribution in [3.63, 3.8) is 0 Å². The second kappa shape index (κ2) is 4.15. The van der Waals surface area contributed by atoms with Gasteiger partial charge >= 0.3 is 0 Å². The molecule has 1 unspecified atom stereocenters. The third kappa shape index (κ3) is 2.16. The summed E-state index contributed by atoms with van der Waals surface area (Å²) < 4.78 is 5.50. The zero-order valence-corrected chi connectivity index (χ0v) is 8.70. The predicted molar refractivity (Wildman–Crippen MR) is 56.0 cm³/mol. The summed E-state index contributed by atoms with van der Waals surface area (Å²) in [4.78, 5) is 2.41. The van der Waals surface area contributed by atoms with Crippen molar-refractivity contribution in [3.8, 4) is 0 Å². The van der Waals surface area contributed by atoms with Crippen LogP contribution in [0.25, 0.3) is 0 Å². The standard InChI is InChI=1S/C11H18N2O/c1-9-4-5-11(14-9)10(12)8-13-6-2-3-7-13/h4-5,10H,2-3,6-8,12H2,1H3. The summed E-state index contributed by atoms with van der Waals surface area (Å²) in [5.74, 6) is 1.85. The second-order valence-electron chi connectivity index (χ2n) is 4.06. The summed E-state index contributed by atoms with van der Waals surface area (Å²) in [6.07, 6.45) is 2.62. The van der Waals surface area contributed by atoms with Crippen LogP contribution in [0.5, 0.6) is 0 Å². The number of hydrogen-bond acceptors (Lipinski definition) is 3. The molecule has 0 saturated carbocycles. The minimum Gasteiger partial charge on any atom is -0.465 e. The summed E-state index contributed by atoms with van der Waals surface area (Å²) >= 11 is 0. The highest BCUT2D eigenvalue weighted by Gasteiger charge is 2.17. The van der Waals surface area contributed by atoms with Crippen LogP contribution < -0.4 is 5.73 Å². The van der Waals surface area contributed by atoms with E-state index >= 15 is 0 Å². The van der Waals surface area contributed by atoms with Crippen molar-refractivity contribution in [1.82, 2.24) is 4.90 Å². The minimum absolute atomic E-state index is 0.0294. The number of nitrogens with zero attached hydrogens (tertiary/aromatic N) is 1. The van der Waals surface area contributed by atoms with Gasteiger partial charge in [-0.3, -0.25) is 0 Å². The average molecular weight is 194 g/mol. The van der Waals surface area contributed by atoms with Gasteiger partial charge in [0.05, 0.1) is 6.04 Å². The predicted octanol–water partition coefficient (Wildman–Crippen LogP) is 1.68. The number of aryl methyl sites for hydroxylation is 1. The van der Waals surface area contributed by atoms with E-state index in [1.165, 1.54) is 25.9 Å². The lowest BCUT2D eigenvalue weighted by molar-refractivity contribution is 0.296. The molecule has 2 N–H and O–H groups in total. The maximum Gasteiger partial charge on any atom is 0.122 e. The first-order valence-electron chi connectivity index (χ1n) is 5.30. The van der Waals surface area contributed by atoms with Crippen LogP contribution in [0.15, 0.2) is 16.5 Å². The molecule has 1 atom stereocenters. The lowest BCUT2D eigenvalue weighted by Gasteiger charge is -2.18. The Labute approximate surface area is 84.9 Å². The molecule has 0 bridgehead atoms. The van der Waals surface area contributed by atoms with Gasteiger partial charge in [0, 0.05) is 6.54 Å². The Morgan fingerprint density at radius 3 is 2.71 bits per heavy atom. The van der Waals surface area contributed by atoms with E-state index in [1.807, 2.05) is 19.1 Å². The molecule has 78 valence electrons. The van der Waals surface area contributed by atoms with Gasteiger partial charge in [-0.2, -0.15) is 0 Å². The molecule has 3 nitrogen and oxygen atoms in total. The van der Waals surface area contributed by atoms with E-state index in [4.69, 9.17) is 10.2 Å². The van der Waals surface area contributed by atoms with Gasteiger partial charge in [-0.1, -0.05) is 0 Å². The molecule has 1 aliphatic rings. The van der Waals surface area contributed by atoms with Gasteiger partial charge in [0.1, 0.15) is 11.5 Å². The average Bonchev–Trinajstić information content (AvgIpc) is 2.75. The van der Waals surface area contributed by atoms with Gasteiger partial charge < -0.3 is 15.1 Å². The van der Waals surface area contributed by atoms with Gasteiger partial charge in [-0.25, -0.2) is 0 Å². The van der Waals surface area contributed by atoms with E-state index in [-0.39, 0.29) is 6.04 Å². The normalized spacial score (nSPS) is 20.1. The number of likely N-dealkylation sites (tertiary alicyclic amines) is 1. The van der Waals surface area contributed by atoms with Gasteiger partial charge in [0.25, 0.3) is 0 Å². The molecule has 0 aliphatic carbocycles. The third-order valence-corrected chi connectivity index (χ3v) is 2.78. The number of nitrogens with two attached hydrogens (primary N) is 1. The molecular weight excluding hydrogens is 176 g/mol. The monoisotopic (exact) mass is 194 g/mol. The first-order valence-corrected chi connectivity index (χ1v) is 5.30. The van der Waals surface area contributed by atoms with Gasteiger partial charge in [0.2, 0.25) is 0 Å². The summed E-state index contributed by atoms with van der Waals surface area (Å²) in [6.45, 7) is 5.25. The fourth-order valence-electron chi connectivity index (χ4n) is 1.99. The van der Waals surface area contributed by atoms with E-state index in [0.29, 0.717) is 0 Å². The zero-order chi connectivity index (χ0) is 9.97. The molecular formula is C11H18N2O. The maximum atomic E-state index is 6.05. The van der Waals surface area contributed by atoms with Gasteiger partial charge in [0.15, 0.2) is 0 Å². The highest BCUT2D eigenvalue weighted by molar-refractivity contribution is 5.09. The maximum absolute atomic E-state index is 6.05. The summed E-state index contributed by atoms with van der Waals surface area (Å²) in [5, 5.41) is 0. The number of rotatable bonds is 3. The molecule has 1 aliphatic heterocycles. The molecule has 0 aromatic carbocycles.